The van der Waals surface area contributed by atoms with Gasteiger partial charge in [0.05, 0.1) is 0 Å². The van der Waals surface area contributed by atoms with E-state index in [9.17, 15) is 4.79 Å². The number of hydrogen-bond acceptors (Lipinski definition) is 3. The van der Waals surface area contributed by atoms with Gasteiger partial charge in [0, 0.05) is 6.42 Å². The zero-order chi connectivity index (χ0) is 19.9. The van der Waals surface area contributed by atoms with Crippen LogP contribution in [-0.4, -0.2) is 22.3 Å². The lowest BCUT2D eigenvalue weighted by Gasteiger charge is -2.04. The highest BCUT2D eigenvalue weighted by Gasteiger charge is 1.98. The van der Waals surface area contributed by atoms with Crippen LogP contribution in [0.3, 0.4) is 0 Å². The molecule has 166 valence electrons. The van der Waals surface area contributed by atoms with Crippen LogP contribution in [0.15, 0.2) is 0 Å². The average Bonchev–Trinajstić information content (AvgIpc) is 2.62. The Bertz CT molecular complexity index is 264. The van der Waals surface area contributed by atoms with E-state index in [0.717, 1.165) is 25.7 Å². The van der Waals surface area contributed by atoms with E-state index >= 15 is 0 Å². The standard InChI is InChI=1S/C21H42O3.C2H6.CH4/c1-20(22)18-16-14-12-10-8-6-4-2-3-5-7-9-11-13-15-17-19-21(23)24;1-2;/h21,23-24H,2-19H2,1H3;1-2H3;1H4. The Labute approximate surface area is 171 Å². The lowest BCUT2D eigenvalue weighted by molar-refractivity contribution is -0.117. The summed E-state index contributed by atoms with van der Waals surface area (Å²) < 4.78 is 0. The van der Waals surface area contributed by atoms with Crippen molar-refractivity contribution in [1.29, 1.82) is 0 Å². The smallest absolute Gasteiger partial charge is 0.151 e. The van der Waals surface area contributed by atoms with Gasteiger partial charge < -0.3 is 15.0 Å². The van der Waals surface area contributed by atoms with E-state index in [1.165, 1.54) is 83.5 Å². The number of aliphatic hydroxyl groups excluding tert-OH is 1. The fourth-order valence-corrected chi connectivity index (χ4v) is 3.18. The molecule has 0 spiro atoms. The van der Waals surface area contributed by atoms with Gasteiger partial charge in [0.25, 0.3) is 0 Å². The molecule has 0 aliphatic carbocycles. The first kappa shape index (κ1) is 31.3. The van der Waals surface area contributed by atoms with Gasteiger partial charge in [0.2, 0.25) is 0 Å². The third-order valence-corrected chi connectivity index (χ3v) is 4.74. The number of aliphatic hydroxyl groups is 2. The predicted octanol–water partition coefficient (Wildman–Crippen LogP) is 7.57. The zero-order valence-electron chi connectivity index (χ0n) is 18.1. The van der Waals surface area contributed by atoms with Crippen molar-refractivity contribution >= 4 is 5.78 Å². The van der Waals surface area contributed by atoms with E-state index < -0.39 is 6.29 Å². The van der Waals surface area contributed by atoms with Crippen molar-refractivity contribution in [2.75, 3.05) is 0 Å². The van der Waals surface area contributed by atoms with Gasteiger partial charge in [-0.15, -0.1) is 0 Å². The van der Waals surface area contributed by atoms with Crippen molar-refractivity contribution in [3.05, 3.63) is 0 Å². The molecule has 3 heteroatoms. The molecular weight excluding hydrogens is 336 g/mol. The highest BCUT2D eigenvalue weighted by molar-refractivity contribution is 5.75. The fraction of sp³-hybridized carbons (Fsp3) is 0.958. The molecule has 0 amide bonds. The first-order chi connectivity index (χ1) is 12.6. The summed E-state index contributed by atoms with van der Waals surface area (Å²) in [5.41, 5.74) is 0. The molecule has 0 atom stereocenters. The fourth-order valence-electron chi connectivity index (χ4n) is 3.18. The van der Waals surface area contributed by atoms with Crippen LogP contribution in [0, 0.1) is 0 Å². The van der Waals surface area contributed by atoms with Gasteiger partial charge in [-0.3, -0.25) is 0 Å². The van der Waals surface area contributed by atoms with Gasteiger partial charge in [-0.25, -0.2) is 0 Å². The molecule has 0 heterocycles. The second kappa shape index (κ2) is 27.8. The molecule has 0 saturated heterocycles. The van der Waals surface area contributed by atoms with Gasteiger partial charge in [-0.1, -0.05) is 111 Å². The van der Waals surface area contributed by atoms with E-state index in [1.807, 2.05) is 13.8 Å². The van der Waals surface area contributed by atoms with E-state index in [4.69, 9.17) is 10.2 Å². The van der Waals surface area contributed by atoms with E-state index in [2.05, 4.69) is 0 Å². The average molecular weight is 389 g/mol. The SMILES string of the molecule is C.CC.CC(=O)CCCCCCCCCCCCCCCCCCC(O)O. The third kappa shape index (κ3) is 33.6. The van der Waals surface area contributed by atoms with Crippen LogP contribution in [-0.2, 0) is 4.79 Å². The van der Waals surface area contributed by atoms with Crippen LogP contribution in [0.1, 0.15) is 144 Å². The summed E-state index contributed by atoms with van der Waals surface area (Å²) in [5, 5.41) is 17.5. The molecule has 0 unspecified atom stereocenters. The topological polar surface area (TPSA) is 57.5 Å². The highest BCUT2D eigenvalue weighted by Crippen LogP contribution is 2.14. The largest absolute Gasteiger partial charge is 0.368 e. The summed E-state index contributed by atoms with van der Waals surface area (Å²) in [6, 6.07) is 0. The molecule has 0 aromatic carbocycles. The Balaban J connectivity index is -0.00000185. The van der Waals surface area contributed by atoms with Crippen molar-refractivity contribution in [3.63, 3.8) is 0 Å². The molecule has 0 aromatic rings. The van der Waals surface area contributed by atoms with E-state index in [0.29, 0.717) is 12.2 Å². The summed E-state index contributed by atoms with van der Waals surface area (Å²) in [6.45, 7) is 5.69. The quantitative estimate of drug-likeness (QED) is 0.177. The molecule has 27 heavy (non-hydrogen) atoms. The lowest BCUT2D eigenvalue weighted by Crippen LogP contribution is -2.02. The number of rotatable bonds is 19. The van der Waals surface area contributed by atoms with Crippen molar-refractivity contribution in [3.8, 4) is 0 Å². The van der Waals surface area contributed by atoms with Gasteiger partial charge in [-0.2, -0.15) is 0 Å². The van der Waals surface area contributed by atoms with Crippen LogP contribution < -0.4 is 0 Å². The molecular formula is C24H52O3. The Morgan fingerprint density at radius 2 is 0.852 bits per heavy atom. The first-order valence-electron chi connectivity index (χ1n) is 11.5. The number of Topliss-reactive ketones (excluding diaryl/α,β-unsaturated/α-hetero) is 1. The summed E-state index contributed by atoms with van der Waals surface area (Å²) in [6.07, 6.45) is 20.7. The van der Waals surface area contributed by atoms with Crippen LogP contribution in [0.5, 0.6) is 0 Å². The minimum atomic E-state index is -1.11. The molecule has 0 bridgehead atoms. The maximum atomic E-state index is 10.8. The minimum Gasteiger partial charge on any atom is -0.368 e. The number of carbonyl (C=O) groups excluding carboxylic acids is 1. The van der Waals surface area contributed by atoms with E-state index in [1.54, 1.807) is 6.92 Å². The molecule has 2 N–H and O–H groups in total. The molecule has 0 aliphatic heterocycles. The third-order valence-electron chi connectivity index (χ3n) is 4.74. The molecule has 0 radical (unpaired) electrons. The lowest BCUT2D eigenvalue weighted by atomic mass is 10.0. The number of carbonyl (C=O) groups is 1. The summed E-state index contributed by atoms with van der Waals surface area (Å²) in [4.78, 5) is 10.8. The minimum absolute atomic E-state index is 0. The maximum Gasteiger partial charge on any atom is 0.151 e. The molecule has 3 nitrogen and oxygen atoms in total. The van der Waals surface area contributed by atoms with Gasteiger partial charge in [0.1, 0.15) is 5.78 Å². The molecule has 0 saturated carbocycles. The predicted molar refractivity (Wildman–Crippen MR) is 120 cm³/mol. The first-order valence-corrected chi connectivity index (χ1v) is 11.5. The van der Waals surface area contributed by atoms with Crippen molar-refractivity contribution < 1.29 is 15.0 Å². The van der Waals surface area contributed by atoms with Gasteiger partial charge >= 0.3 is 0 Å². The second-order valence-electron chi connectivity index (χ2n) is 7.38. The highest BCUT2D eigenvalue weighted by atomic mass is 16.5. The van der Waals surface area contributed by atoms with Crippen molar-refractivity contribution in [2.45, 2.75) is 150 Å². The zero-order valence-corrected chi connectivity index (χ0v) is 18.1. The van der Waals surface area contributed by atoms with Crippen LogP contribution in [0.4, 0.5) is 0 Å². The van der Waals surface area contributed by atoms with Gasteiger partial charge in [-0.05, 0) is 26.2 Å². The summed E-state index contributed by atoms with van der Waals surface area (Å²) in [7, 11) is 0. The van der Waals surface area contributed by atoms with Crippen LogP contribution in [0.2, 0.25) is 0 Å². The molecule has 0 aliphatic rings. The van der Waals surface area contributed by atoms with Crippen molar-refractivity contribution in [1.82, 2.24) is 0 Å². The van der Waals surface area contributed by atoms with Crippen molar-refractivity contribution in [2.24, 2.45) is 0 Å². The monoisotopic (exact) mass is 388 g/mol. The Hall–Kier alpha value is -0.410. The summed E-state index contributed by atoms with van der Waals surface area (Å²) in [5.74, 6) is 0.330. The Kier molecular flexibility index (Phi) is 32.2. The van der Waals surface area contributed by atoms with Crippen LogP contribution in [0.25, 0.3) is 0 Å². The summed E-state index contributed by atoms with van der Waals surface area (Å²) >= 11 is 0. The number of hydrogen-bond donors (Lipinski definition) is 2. The molecule has 0 fully saturated rings. The van der Waals surface area contributed by atoms with E-state index in [-0.39, 0.29) is 7.43 Å². The Morgan fingerprint density at radius 3 is 1.11 bits per heavy atom. The number of unbranched alkanes of at least 4 members (excludes halogenated alkanes) is 15. The second-order valence-corrected chi connectivity index (χ2v) is 7.38. The molecule has 0 rings (SSSR count). The number of ketones is 1. The maximum absolute atomic E-state index is 10.8. The Morgan fingerprint density at radius 1 is 0.593 bits per heavy atom. The van der Waals surface area contributed by atoms with Gasteiger partial charge in [0.15, 0.2) is 6.29 Å². The normalized spacial score (nSPS) is 10.3. The molecule has 0 aromatic heterocycles. The van der Waals surface area contributed by atoms with Crippen LogP contribution >= 0.6 is 0 Å².